The molecule has 2 rings (SSSR count). The minimum Gasteiger partial charge on any atom is -0.377 e. The van der Waals surface area contributed by atoms with Crippen LogP contribution in [0.2, 0.25) is 0 Å². The number of ether oxygens (including phenoxy) is 1. The van der Waals surface area contributed by atoms with Gasteiger partial charge < -0.3 is 15.0 Å². The second kappa shape index (κ2) is 6.16. The number of morpholine rings is 1. The summed E-state index contributed by atoms with van der Waals surface area (Å²) in [5.41, 5.74) is 0.471. The molecule has 19 heavy (non-hydrogen) atoms. The Morgan fingerprint density at radius 1 is 1.74 bits per heavy atom. The number of nitrogens with one attached hydrogen (secondary N) is 1. The van der Waals surface area contributed by atoms with Gasteiger partial charge in [-0.25, -0.2) is 4.98 Å². The van der Waals surface area contributed by atoms with Crippen LogP contribution in [-0.4, -0.2) is 43.2 Å². The van der Waals surface area contributed by atoms with E-state index in [9.17, 15) is 4.79 Å². The highest BCUT2D eigenvalue weighted by Gasteiger charge is 2.31. The molecule has 6 nitrogen and oxygen atoms in total. The summed E-state index contributed by atoms with van der Waals surface area (Å²) in [7, 11) is 0. The van der Waals surface area contributed by atoms with Crippen LogP contribution in [-0.2, 0) is 9.53 Å². The topological polar surface area (TPSA) is 78.2 Å². The molecule has 1 N–H and O–H groups in total. The van der Waals surface area contributed by atoms with Gasteiger partial charge in [0.2, 0.25) is 5.91 Å². The molecule has 0 bridgehead atoms. The van der Waals surface area contributed by atoms with Gasteiger partial charge in [0.25, 0.3) is 0 Å². The molecule has 1 fully saturated rings. The number of anilines is 1. The van der Waals surface area contributed by atoms with Crippen molar-refractivity contribution in [3.63, 3.8) is 0 Å². The van der Waals surface area contributed by atoms with E-state index in [2.05, 4.69) is 16.4 Å². The first-order valence-electron chi connectivity index (χ1n) is 6.25. The Kier molecular flexibility index (Phi) is 4.31. The standard InChI is InChI=1S/C13H16N4O2/c1-2-15-13(18)11-9-19-7-6-17(11)12-10(8-14)4-3-5-16-12/h3-5,11H,2,6-7,9H2,1H3,(H,15,18). The summed E-state index contributed by atoms with van der Waals surface area (Å²) in [6.45, 7) is 3.82. The number of nitrogens with zero attached hydrogens (tertiary/aromatic N) is 3. The molecule has 1 aromatic rings. The number of hydrogen-bond acceptors (Lipinski definition) is 5. The molecule has 100 valence electrons. The lowest BCUT2D eigenvalue weighted by molar-refractivity contribution is -0.124. The van der Waals surface area contributed by atoms with Crippen LogP contribution >= 0.6 is 0 Å². The summed E-state index contributed by atoms with van der Waals surface area (Å²) < 4.78 is 5.36. The van der Waals surface area contributed by atoms with Crippen molar-refractivity contribution < 1.29 is 9.53 Å². The van der Waals surface area contributed by atoms with Gasteiger partial charge in [0.05, 0.1) is 18.8 Å². The monoisotopic (exact) mass is 260 g/mol. The Bertz CT molecular complexity index is 498. The lowest BCUT2D eigenvalue weighted by Gasteiger charge is -2.35. The predicted molar refractivity (Wildman–Crippen MR) is 69.6 cm³/mol. The van der Waals surface area contributed by atoms with Gasteiger partial charge in [0, 0.05) is 19.3 Å². The van der Waals surface area contributed by atoms with Gasteiger partial charge in [-0.05, 0) is 19.1 Å². The molecule has 1 aromatic heterocycles. The van der Waals surface area contributed by atoms with Crippen LogP contribution in [0.1, 0.15) is 12.5 Å². The van der Waals surface area contributed by atoms with Gasteiger partial charge in [-0.15, -0.1) is 0 Å². The number of pyridine rings is 1. The van der Waals surface area contributed by atoms with Crippen LogP contribution in [0.4, 0.5) is 5.82 Å². The molecule has 6 heteroatoms. The van der Waals surface area contributed by atoms with Crippen molar-refractivity contribution in [1.29, 1.82) is 5.26 Å². The SMILES string of the molecule is CCNC(=O)C1COCCN1c1ncccc1C#N. The number of carbonyl (C=O) groups excluding carboxylic acids is 1. The molecular weight excluding hydrogens is 244 g/mol. The number of nitriles is 1. The lowest BCUT2D eigenvalue weighted by Crippen LogP contribution is -2.54. The average molecular weight is 260 g/mol. The molecule has 1 aliphatic heterocycles. The molecule has 1 aliphatic rings. The summed E-state index contributed by atoms with van der Waals surface area (Å²) in [5.74, 6) is 0.446. The molecule has 0 spiro atoms. The van der Waals surface area contributed by atoms with Gasteiger partial charge in [-0.3, -0.25) is 4.79 Å². The van der Waals surface area contributed by atoms with Crippen LogP contribution in [0.5, 0.6) is 0 Å². The number of likely N-dealkylation sites (N-methyl/N-ethyl adjacent to an activating group) is 1. The van der Waals surface area contributed by atoms with Crippen LogP contribution < -0.4 is 10.2 Å². The minimum atomic E-state index is -0.435. The van der Waals surface area contributed by atoms with E-state index in [0.29, 0.717) is 37.7 Å². The third kappa shape index (κ3) is 2.83. The third-order valence-electron chi connectivity index (χ3n) is 2.96. The molecule has 1 atom stereocenters. The summed E-state index contributed by atoms with van der Waals surface area (Å²) >= 11 is 0. The number of hydrogen-bond donors (Lipinski definition) is 1. The van der Waals surface area contributed by atoms with Crippen LogP contribution in [0, 0.1) is 11.3 Å². The van der Waals surface area contributed by atoms with E-state index in [1.165, 1.54) is 0 Å². The average Bonchev–Trinajstić information content (AvgIpc) is 2.47. The predicted octanol–water partition coefficient (Wildman–Crippen LogP) is 0.295. The Labute approximate surface area is 112 Å². The van der Waals surface area contributed by atoms with Crippen molar-refractivity contribution in [3.8, 4) is 6.07 Å². The Balaban J connectivity index is 2.29. The van der Waals surface area contributed by atoms with Crippen LogP contribution in [0.3, 0.4) is 0 Å². The van der Waals surface area contributed by atoms with E-state index in [1.807, 2.05) is 11.8 Å². The van der Waals surface area contributed by atoms with Gasteiger partial charge >= 0.3 is 0 Å². The smallest absolute Gasteiger partial charge is 0.245 e. The van der Waals surface area contributed by atoms with Gasteiger partial charge in [0.15, 0.2) is 0 Å². The summed E-state index contributed by atoms with van der Waals surface area (Å²) in [5, 5.41) is 11.9. The second-order valence-electron chi connectivity index (χ2n) is 4.17. The number of amides is 1. The molecular formula is C13H16N4O2. The molecule has 0 saturated carbocycles. The van der Waals surface area contributed by atoms with Crippen molar-refractivity contribution in [2.24, 2.45) is 0 Å². The first-order chi connectivity index (χ1) is 9.27. The fourth-order valence-corrected chi connectivity index (χ4v) is 2.08. The minimum absolute atomic E-state index is 0.100. The van der Waals surface area contributed by atoms with Crippen molar-refractivity contribution in [2.45, 2.75) is 13.0 Å². The fourth-order valence-electron chi connectivity index (χ4n) is 2.08. The highest BCUT2D eigenvalue weighted by molar-refractivity contribution is 5.85. The fraction of sp³-hybridized carbons (Fsp3) is 0.462. The van der Waals surface area contributed by atoms with Gasteiger partial charge in [-0.2, -0.15) is 5.26 Å². The Morgan fingerprint density at radius 3 is 3.32 bits per heavy atom. The summed E-state index contributed by atoms with van der Waals surface area (Å²) in [4.78, 5) is 18.1. The maximum Gasteiger partial charge on any atom is 0.245 e. The van der Waals surface area contributed by atoms with Crippen molar-refractivity contribution in [1.82, 2.24) is 10.3 Å². The van der Waals surface area contributed by atoms with Crippen molar-refractivity contribution in [2.75, 3.05) is 31.2 Å². The maximum atomic E-state index is 12.0. The van der Waals surface area contributed by atoms with Crippen LogP contribution in [0.25, 0.3) is 0 Å². The number of carbonyl (C=O) groups is 1. The van der Waals surface area contributed by atoms with Crippen LogP contribution in [0.15, 0.2) is 18.3 Å². The first kappa shape index (κ1) is 13.3. The van der Waals surface area contributed by atoms with Gasteiger partial charge in [0.1, 0.15) is 17.9 Å². The molecule has 0 aromatic carbocycles. The summed E-state index contributed by atoms with van der Waals surface area (Å²) in [6, 6.07) is 5.09. The van der Waals surface area contributed by atoms with E-state index in [0.717, 1.165) is 0 Å². The van der Waals surface area contributed by atoms with Gasteiger partial charge in [-0.1, -0.05) is 0 Å². The highest BCUT2D eigenvalue weighted by atomic mass is 16.5. The maximum absolute atomic E-state index is 12.0. The van der Waals surface area contributed by atoms with E-state index in [1.54, 1.807) is 18.3 Å². The lowest BCUT2D eigenvalue weighted by atomic mass is 10.1. The Hall–Kier alpha value is -2.13. The zero-order chi connectivity index (χ0) is 13.7. The molecule has 1 amide bonds. The quantitative estimate of drug-likeness (QED) is 0.845. The normalized spacial score (nSPS) is 18.7. The first-order valence-corrected chi connectivity index (χ1v) is 6.25. The largest absolute Gasteiger partial charge is 0.377 e. The molecule has 1 unspecified atom stereocenters. The van der Waals surface area contributed by atoms with E-state index in [-0.39, 0.29) is 5.91 Å². The number of rotatable bonds is 3. The zero-order valence-corrected chi connectivity index (χ0v) is 10.8. The van der Waals surface area contributed by atoms with E-state index < -0.39 is 6.04 Å². The molecule has 0 aliphatic carbocycles. The highest BCUT2D eigenvalue weighted by Crippen LogP contribution is 2.21. The van der Waals surface area contributed by atoms with E-state index in [4.69, 9.17) is 10.00 Å². The molecule has 2 heterocycles. The van der Waals surface area contributed by atoms with E-state index >= 15 is 0 Å². The third-order valence-corrected chi connectivity index (χ3v) is 2.96. The Morgan fingerprint density at radius 2 is 2.58 bits per heavy atom. The second-order valence-corrected chi connectivity index (χ2v) is 4.17. The van der Waals surface area contributed by atoms with Crippen molar-refractivity contribution >= 4 is 11.7 Å². The molecule has 1 saturated heterocycles. The molecule has 0 radical (unpaired) electrons. The zero-order valence-electron chi connectivity index (χ0n) is 10.8. The van der Waals surface area contributed by atoms with Crippen molar-refractivity contribution in [3.05, 3.63) is 23.9 Å². The summed E-state index contributed by atoms with van der Waals surface area (Å²) in [6.07, 6.45) is 1.63. The number of aromatic nitrogens is 1.